The van der Waals surface area contributed by atoms with E-state index in [4.69, 9.17) is 0 Å². The van der Waals surface area contributed by atoms with Gasteiger partial charge in [0, 0.05) is 13.1 Å². The first-order valence-electron chi connectivity index (χ1n) is 3.95. The predicted octanol–water partition coefficient (Wildman–Crippen LogP) is 3.96. The van der Waals surface area contributed by atoms with E-state index in [0.29, 0.717) is 0 Å². The minimum absolute atomic E-state index is 0.208. The zero-order valence-electron chi connectivity index (χ0n) is 8.11. The van der Waals surface area contributed by atoms with Gasteiger partial charge in [-0.05, 0) is 20.8 Å². The summed E-state index contributed by atoms with van der Waals surface area (Å²) in [7, 11) is -9.66. The maximum Gasteiger partial charge on any atom is 0.383 e. The van der Waals surface area contributed by atoms with Crippen LogP contribution < -0.4 is 0 Å². The summed E-state index contributed by atoms with van der Waals surface area (Å²) in [5, 5.41) is 0. The number of hydrogen-bond donors (Lipinski definition) is 0. The molecule has 0 aliphatic heterocycles. The molecular weight excluding hydrogens is 227 g/mol. The van der Waals surface area contributed by atoms with E-state index in [2.05, 4.69) is 0 Å². The molecule has 0 amide bonds. The van der Waals surface area contributed by atoms with Crippen LogP contribution >= 0.6 is 10.4 Å². The van der Waals surface area contributed by atoms with Crippen LogP contribution in [0.2, 0.25) is 0 Å². The molecule has 0 aliphatic rings. The number of amidine groups is 1. The fourth-order valence-electron chi connectivity index (χ4n) is 0.989. The largest absolute Gasteiger partial charge is 0.383 e. The Bertz CT molecular complexity index is 239. The van der Waals surface area contributed by atoms with Gasteiger partial charge >= 0.3 is 10.4 Å². The number of halogens is 5. The van der Waals surface area contributed by atoms with Gasteiger partial charge < -0.3 is 4.90 Å². The Morgan fingerprint density at radius 3 is 1.64 bits per heavy atom. The molecule has 0 aliphatic carbocycles. The maximum atomic E-state index is 11.9. The van der Waals surface area contributed by atoms with Crippen LogP contribution in [-0.4, -0.2) is 23.8 Å². The Morgan fingerprint density at radius 1 is 1.07 bits per heavy atom. The molecule has 0 aromatic carbocycles. The topological polar surface area (TPSA) is 15.6 Å². The molecule has 0 aromatic rings. The van der Waals surface area contributed by atoms with E-state index in [9.17, 15) is 19.4 Å². The van der Waals surface area contributed by atoms with Crippen molar-refractivity contribution in [2.24, 2.45) is 4.40 Å². The van der Waals surface area contributed by atoms with Crippen molar-refractivity contribution in [3.05, 3.63) is 0 Å². The lowest BCUT2D eigenvalue weighted by atomic mass is 10.5. The Labute approximate surface area is 79.7 Å². The third kappa shape index (κ3) is 6.01. The van der Waals surface area contributed by atoms with Crippen molar-refractivity contribution in [3.63, 3.8) is 0 Å². The molecule has 0 radical (unpaired) electrons. The molecular formula is C6H13F5N2S. The van der Waals surface area contributed by atoms with Crippen LogP contribution in [0.5, 0.6) is 0 Å². The van der Waals surface area contributed by atoms with Crippen molar-refractivity contribution in [3.8, 4) is 0 Å². The lowest BCUT2D eigenvalue weighted by molar-refractivity contribution is 0.364. The SMILES string of the molecule is CCN(CC)/C(C)=N/S(F)(F)(F)(F)F. The second-order valence-electron chi connectivity index (χ2n) is 2.74. The van der Waals surface area contributed by atoms with Crippen molar-refractivity contribution >= 4 is 16.2 Å². The molecule has 0 saturated heterocycles. The molecule has 14 heavy (non-hydrogen) atoms. The van der Waals surface area contributed by atoms with Crippen molar-refractivity contribution in [2.45, 2.75) is 20.8 Å². The Kier molecular flexibility index (Phi) is 2.87. The van der Waals surface area contributed by atoms with Crippen LogP contribution in [0.4, 0.5) is 19.4 Å². The molecule has 0 aromatic heterocycles. The van der Waals surface area contributed by atoms with Gasteiger partial charge in [0.2, 0.25) is 0 Å². The third-order valence-electron chi connectivity index (χ3n) is 1.53. The molecule has 0 spiro atoms. The van der Waals surface area contributed by atoms with Gasteiger partial charge in [0.1, 0.15) is 5.84 Å². The molecule has 0 unspecified atom stereocenters. The monoisotopic (exact) mass is 240 g/mol. The van der Waals surface area contributed by atoms with Crippen LogP contribution in [0, 0.1) is 0 Å². The van der Waals surface area contributed by atoms with E-state index in [1.807, 2.05) is 0 Å². The van der Waals surface area contributed by atoms with Crippen molar-refractivity contribution in [2.75, 3.05) is 13.1 Å². The van der Waals surface area contributed by atoms with Crippen molar-refractivity contribution in [1.29, 1.82) is 0 Å². The fourth-order valence-corrected chi connectivity index (χ4v) is 1.60. The number of hydrogen-bond acceptors (Lipinski definition) is 1. The average molecular weight is 240 g/mol. The van der Waals surface area contributed by atoms with E-state index < -0.39 is 16.2 Å². The standard InChI is InChI=1S/C6H13F5N2S/c1-4-13(5-2)6(3)12-14(7,8,9,10)11/h4-5H2,1-3H3/b12-6+. The summed E-state index contributed by atoms with van der Waals surface area (Å²) in [6, 6.07) is 0. The van der Waals surface area contributed by atoms with Crippen molar-refractivity contribution in [1.82, 2.24) is 4.90 Å². The molecule has 0 rings (SSSR count). The highest BCUT2D eigenvalue weighted by Crippen LogP contribution is 2.99. The Hall–Kier alpha value is -0.530. The third-order valence-corrected chi connectivity index (χ3v) is 2.13. The lowest BCUT2D eigenvalue weighted by Gasteiger charge is -2.36. The summed E-state index contributed by atoms with van der Waals surface area (Å²) in [4.78, 5) is 1.11. The first-order valence-corrected chi connectivity index (χ1v) is 5.86. The van der Waals surface area contributed by atoms with E-state index in [1.165, 1.54) is 0 Å². The molecule has 8 heteroatoms. The molecule has 0 saturated carbocycles. The van der Waals surface area contributed by atoms with Gasteiger partial charge in [-0.3, -0.25) is 0 Å². The smallest absolute Gasteiger partial charge is 0.360 e. The highest BCUT2D eigenvalue weighted by Gasteiger charge is 2.64. The highest BCUT2D eigenvalue weighted by atomic mass is 32.5. The Balaban J connectivity index is 5.04. The van der Waals surface area contributed by atoms with Gasteiger partial charge in [-0.15, -0.1) is 4.40 Å². The van der Waals surface area contributed by atoms with E-state index in [-0.39, 0.29) is 13.1 Å². The van der Waals surface area contributed by atoms with Crippen LogP contribution in [0.1, 0.15) is 20.8 Å². The molecule has 0 fully saturated rings. The summed E-state index contributed by atoms with van der Waals surface area (Å²) in [6.07, 6.45) is 0. The van der Waals surface area contributed by atoms with Crippen LogP contribution in [-0.2, 0) is 0 Å². The summed E-state index contributed by atoms with van der Waals surface area (Å²) >= 11 is 0. The van der Waals surface area contributed by atoms with E-state index in [1.54, 1.807) is 18.2 Å². The lowest BCUT2D eigenvalue weighted by Crippen LogP contribution is -2.29. The zero-order chi connectivity index (χ0) is 11.7. The first kappa shape index (κ1) is 13.5. The molecule has 0 bridgehead atoms. The molecule has 0 atom stereocenters. The summed E-state index contributed by atoms with van der Waals surface area (Å²) in [5.74, 6) is -0.700. The molecule has 0 N–H and O–H groups in total. The van der Waals surface area contributed by atoms with Gasteiger partial charge in [0.05, 0.1) is 0 Å². The highest BCUT2D eigenvalue weighted by molar-refractivity contribution is 8.44. The van der Waals surface area contributed by atoms with Gasteiger partial charge in [-0.1, -0.05) is 19.4 Å². The van der Waals surface area contributed by atoms with Crippen LogP contribution in [0.25, 0.3) is 0 Å². The minimum Gasteiger partial charge on any atom is -0.360 e. The number of rotatable bonds is 3. The second-order valence-corrected chi connectivity index (χ2v) is 4.78. The second kappa shape index (κ2) is 2.98. The van der Waals surface area contributed by atoms with Crippen LogP contribution in [0.3, 0.4) is 0 Å². The maximum absolute atomic E-state index is 11.9. The summed E-state index contributed by atoms with van der Waals surface area (Å²) in [6.45, 7) is 4.46. The summed E-state index contributed by atoms with van der Waals surface area (Å²) in [5.41, 5.74) is 0. The van der Waals surface area contributed by atoms with Gasteiger partial charge in [-0.25, -0.2) is 0 Å². The Morgan fingerprint density at radius 2 is 1.43 bits per heavy atom. The first-order chi connectivity index (χ1) is 5.88. The van der Waals surface area contributed by atoms with Crippen molar-refractivity contribution < 1.29 is 19.4 Å². The normalized spacial score (nSPS) is 18.7. The zero-order valence-corrected chi connectivity index (χ0v) is 8.92. The predicted molar refractivity (Wildman–Crippen MR) is 49.2 cm³/mol. The fraction of sp³-hybridized carbons (Fsp3) is 0.833. The van der Waals surface area contributed by atoms with E-state index in [0.717, 1.165) is 11.8 Å². The van der Waals surface area contributed by atoms with E-state index >= 15 is 0 Å². The molecule has 0 heterocycles. The summed E-state index contributed by atoms with van der Waals surface area (Å²) < 4.78 is 61.1. The minimum atomic E-state index is -9.66. The van der Waals surface area contributed by atoms with Gasteiger partial charge in [0.25, 0.3) is 0 Å². The quantitative estimate of drug-likeness (QED) is 0.414. The van der Waals surface area contributed by atoms with Gasteiger partial charge in [0.15, 0.2) is 0 Å². The van der Waals surface area contributed by atoms with Gasteiger partial charge in [-0.2, -0.15) is 0 Å². The molecule has 2 nitrogen and oxygen atoms in total. The van der Waals surface area contributed by atoms with Crippen LogP contribution in [0.15, 0.2) is 4.40 Å². The number of nitrogens with zero attached hydrogens (tertiary/aromatic N) is 2. The molecule has 88 valence electrons. The average Bonchev–Trinajstić information content (AvgIpc) is 1.82.